The van der Waals surface area contributed by atoms with Gasteiger partial charge in [0, 0.05) is 24.5 Å². The summed E-state index contributed by atoms with van der Waals surface area (Å²) >= 11 is 5.96. The Morgan fingerprint density at radius 1 is 1.09 bits per heavy atom. The number of aliphatic hydroxyl groups excluding tert-OH is 1. The molecule has 180 valence electrons. The summed E-state index contributed by atoms with van der Waals surface area (Å²) in [5, 5.41) is 14.1. The van der Waals surface area contributed by atoms with Crippen LogP contribution in [0.4, 0.5) is 4.39 Å². The number of carbonyl (C=O) groups is 1. The molecule has 0 aliphatic heterocycles. The second-order valence-electron chi connectivity index (χ2n) is 7.92. The Kier molecular flexibility index (Phi) is 8.43. The van der Waals surface area contributed by atoms with Crippen LogP contribution in [0.15, 0.2) is 76.5 Å². The zero-order valence-electron chi connectivity index (χ0n) is 18.7. The van der Waals surface area contributed by atoms with Crippen molar-refractivity contribution in [2.45, 2.75) is 42.2 Å². The molecule has 0 saturated heterocycles. The molecule has 0 spiro atoms. The molecule has 3 aromatic rings. The van der Waals surface area contributed by atoms with Crippen molar-refractivity contribution in [2.75, 3.05) is 6.54 Å². The Bertz CT molecular complexity index is 1260. The number of aliphatic hydroxyl groups is 1. The number of rotatable bonds is 9. The SMILES string of the molecule is CC(=O)Oc1ccc(S(=O)(=O)c2ccc(C[C@@H](C)NC[C@@H](O)c3cccc(Cl)c3)cc2)cc1F. The van der Waals surface area contributed by atoms with E-state index in [1.54, 1.807) is 36.4 Å². The number of nitrogens with one attached hydrogen (secondary N) is 1. The minimum absolute atomic E-state index is 0.0132. The van der Waals surface area contributed by atoms with E-state index in [9.17, 15) is 22.7 Å². The minimum Gasteiger partial charge on any atom is -0.424 e. The number of carbonyl (C=O) groups excluding carboxylic acids is 1. The van der Waals surface area contributed by atoms with Crippen molar-refractivity contribution in [3.63, 3.8) is 0 Å². The lowest BCUT2D eigenvalue weighted by Crippen LogP contribution is -2.32. The van der Waals surface area contributed by atoms with E-state index in [-0.39, 0.29) is 21.6 Å². The Morgan fingerprint density at radius 2 is 1.76 bits per heavy atom. The topological polar surface area (TPSA) is 92.7 Å². The fraction of sp³-hybridized carbons (Fsp3) is 0.240. The first kappa shape index (κ1) is 25.8. The molecule has 9 heteroatoms. The second kappa shape index (κ2) is 11.1. The third kappa shape index (κ3) is 6.64. The van der Waals surface area contributed by atoms with Gasteiger partial charge in [0.05, 0.1) is 15.9 Å². The van der Waals surface area contributed by atoms with Gasteiger partial charge in [0.1, 0.15) is 0 Å². The van der Waals surface area contributed by atoms with Crippen molar-refractivity contribution < 1.29 is 27.4 Å². The molecule has 0 radical (unpaired) electrons. The van der Waals surface area contributed by atoms with E-state index in [2.05, 4.69) is 5.32 Å². The number of hydrogen-bond acceptors (Lipinski definition) is 6. The molecule has 0 unspecified atom stereocenters. The molecule has 0 aliphatic rings. The fourth-order valence-corrected chi connectivity index (χ4v) is 4.87. The quantitative estimate of drug-likeness (QED) is 0.329. The van der Waals surface area contributed by atoms with Crippen LogP contribution in [0.25, 0.3) is 0 Å². The largest absolute Gasteiger partial charge is 0.424 e. The molecule has 0 amide bonds. The van der Waals surface area contributed by atoms with E-state index in [0.717, 1.165) is 30.2 Å². The summed E-state index contributed by atoms with van der Waals surface area (Å²) in [4.78, 5) is 10.8. The summed E-state index contributed by atoms with van der Waals surface area (Å²) < 4.78 is 44.6. The van der Waals surface area contributed by atoms with Crippen LogP contribution in [0.3, 0.4) is 0 Å². The summed E-state index contributed by atoms with van der Waals surface area (Å²) in [5.41, 5.74) is 1.62. The average Bonchev–Trinajstić information content (AvgIpc) is 2.79. The maximum absolute atomic E-state index is 14.1. The van der Waals surface area contributed by atoms with Crippen molar-refractivity contribution in [1.82, 2.24) is 5.32 Å². The summed E-state index contributed by atoms with van der Waals surface area (Å²) in [5.74, 6) is -1.97. The standard InChI is InChI=1S/C25H25ClFNO5S/c1-16(28-15-24(30)19-4-3-5-20(26)13-19)12-18-6-8-21(9-7-18)34(31,32)22-10-11-25(23(27)14-22)33-17(2)29/h3-11,13-14,16,24,28,30H,12,15H2,1-2H3/t16-,24-/m1/s1. The molecule has 0 aliphatic carbocycles. The first-order valence-corrected chi connectivity index (χ1v) is 12.4. The normalized spacial score (nSPS) is 13.3. The summed E-state index contributed by atoms with van der Waals surface area (Å²) in [6, 6.07) is 16.5. The lowest BCUT2D eigenvalue weighted by molar-refractivity contribution is -0.132. The van der Waals surface area contributed by atoms with E-state index in [4.69, 9.17) is 16.3 Å². The lowest BCUT2D eigenvalue weighted by Gasteiger charge is -2.18. The maximum Gasteiger partial charge on any atom is 0.308 e. The zero-order chi connectivity index (χ0) is 24.9. The molecule has 0 fully saturated rings. The van der Waals surface area contributed by atoms with Crippen LogP contribution in [0.5, 0.6) is 5.75 Å². The Hall–Kier alpha value is -2.78. The van der Waals surface area contributed by atoms with E-state index < -0.39 is 27.7 Å². The van der Waals surface area contributed by atoms with Crippen LogP contribution in [0.2, 0.25) is 5.02 Å². The first-order chi connectivity index (χ1) is 16.1. The van der Waals surface area contributed by atoms with Gasteiger partial charge in [-0.25, -0.2) is 12.8 Å². The van der Waals surface area contributed by atoms with Crippen molar-refractivity contribution in [1.29, 1.82) is 0 Å². The van der Waals surface area contributed by atoms with E-state index in [0.29, 0.717) is 18.0 Å². The predicted molar refractivity (Wildman–Crippen MR) is 127 cm³/mol. The monoisotopic (exact) mass is 505 g/mol. The van der Waals surface area contributed by atoms with Crippen LogP contribution in [-0.4, -0.2) is 32.1 Å². The van der Waals surface area contributed by atoms with Crippen molar-refractivity contribution in [3.8, 4) is 5.75 Å². The molecule has 2 N–H and O–H groups in total. The number of halogens is 2. The molecule has 0 bridgehead atoms. The van der Waals surface area contributed by atoms with Gasteiger partial charge in [-0.2, -0.15) is 0 Å². The number of esters is 1. The Morgan fingerprint density at radius 3 is 2.38 bits per heavy atom. The number of sulfone groups is 1. The second-order valence-corrected chi connectivity index (χ2v) is 10.3. The highest BCUT2D eigenvalue weighted by atomic mass is 35.5. The zero-order valence-corrected chi connectivity index (χ0v) is 20.2. The van der Waals surface area contributed by atoms with E-state index in [1.807, 2.05) is 6.92 Å². The van der Waals surface area contributed by atoms with Gasteiger partial charge in [0.25, 0.3) is 0 Å². The van der Waals surface area contributed by atoms with Gasteiger partial charge in [-0.05, 0) is 66.9 Å². The van der Waals surface area contributed by atoms with Gasteiger partial charge in [-0.1, -0.05) is 35.9 Å². The van der Waals surface area contributed by atoms with E-state index >= 15 is 0 Å². The molecule has 3 rings (SSSR count). The third-order valence-corrected chi connectivity index (χ3v) is 7.14. The summed E-state index contributed by atoms with van der Waals surface area (Å²) in [7, 11) is -3.95. The van der Waals surface area contributed by atoms with Crippen LogP contribution in [0.1, 0.15) is 31.1 Å². The Labute approximate surface area is 203 Å². The van der Waals surface area contributed by atoms with Crippen molar-refractivity contribution in [3.05, 3.63) is 88.7 Å². The molecule has 34 heavy (non-hydrogen) atoms. The third-order valence-electron chi connectivity index (χ3n) is 5.14. The van der Waals surface area contributed by atoms with Gasteiger partial charge in [0.15, 0.2) is 11.6 Å². The summed E-state index contributed by atoms with van der Waals surface area (Å²) in [6.45, 7) is 3.43. The molecule has 6 nitrogen and oxygen atoms in total. The van der Waals surface area contributed by atoms with Crippen molar-refractivity contribution in [2.24, 2.45) is 0 Å². The molecule has 3 aromatic carbocycles. The molecule has 0 heterocycles. The van der Waals surface area contributed by atoms with E-state index in [1.165, 1.54) is 18.2 Å². The molecule has 0 aromatic heterocycles. The number of hydrogen-bond donors (Lipinski definition) is 2. The molecule has 0 saturated carbocycles. The van der Waals surface area contributed by atoms with Crippen molar-refractivity contribution >= 4 is 27.4 Å². The van der Waals surface area contributed by atoms with Gasteiger partial charge < -0.3 is 15.2 Å². The van der Waals surface area contributed by atoms with Crippen LogP contribution >= 0.6 is 11.6 Å². The fourth-order valence-electron chi connectivity index (χ4n) is 3.40. The molecular weight excluding hydrogens is 481 g/mol. The summed E-state index contributed by atoms with van der Waals surface area (Å²) in [6.07, 6.45) is -0.102. The number of benzene rings is 3. The van der Waals surface area contributed by atoms with Gasteiger partial charge in [0.2, 0.25) is 9.84 Å². The first-order valence-electron chi connectivity index (χ1n) is 10.5. The van der Waals surface area contributed by atoms with Gasteiger partial charge >= 0.3 is 5.97 Å². The highest BCUT2D eigenvalue weighted by Crippen LogP contribution is 2.26. The average molecular weight is 506 g/mol. The lowest BCUT2D eigenvalue weighted by atomic mass is 10.1. The van der Waals surface area contributed by atoms with Crippen LogP contribution in [0, 0.1) is 5.82 Å². The van der Waals surface area contributed by atoms with Gasteiger partial charge in [-0.3, -0.25) is 4.79 Å². The van der Waals surface area contributed by atoms with Crippen LogP contribution < -0.4 is 10.1 Å². The smallest absolute Gasteiger partial charge is 0.308 e. The van der Waals surface area contributed by atoms with Crippen LogP contribution in [-0.2, 0) is 21.1 Å². The highest BCUT2D eigenvalue weighted by Gasteiger charge is 2.20. The molecule has 2 atom stereocenters. The highest BCUT2D eigenvalue weighted by molar-refractivity contribution is 7.91. The predicted octanol–water partition coefficient (Wildman–Crippen LogP) is 4.49. The Balaban J connectivity index is 1.62. The minimum atomic E-state index is -3.95. The number of ether oxygens (including phenoxy) is 1. The molecular formula is C25H25ClFNO5S. The van der Waals surface area contributed by atoms with Gasteiger partial charge in [-0.15, -0.1) is 0 Å². The maximum atomic E-state index is 14.1.